The molecule has 0 fully saturated rings. The quantitative estimate of drug-likeness (QED) is 0.141. The summed E-state index contributed by atoms with van der Waals surface area (Å²) in [7, 11) is -3.01. The molecule has 0 spiro atoms. The highest BCUT2D eigenvalue weighted by Crippen LogP contribution is 2.58. The second-order valence-corrected chi connectivity index (χ2v) is 29.0. The molecule has 0 atom stereocenters. The summed E-state index contributed by atoms with van der Waals surface area (Å²) in [4.78, 5) is 0. The molecule has 0 bridgehead atoms. The standard InChI is InChI=1S/C58H49NSi2/c1-60(2,3)42-32-28-40(29-33-42)54-46-24-15-16-27-50(46)59(58(54)41-30-34-43(35-31-41)61(4,5)6)51-37-36-49-55-47(51)25-17-26-48(55)56-52(38-18-9-7-10-19-38)44-22-13-14-23-45(44)53(57(49)56)39-20-11-8-12-21-39/h7-37H,1-6H3. The number of hydrogen-bond acceptors (Lipinski definition) is 0. The van der Waals surface area contributed by atoms with Crippen molar-refractivity contribution in [3.05, 3.63) is 188 Å². The van der Waals surface area contributed by atoms with Gasteiger partial charge in [0.1, 0.15) is 0 Å². The molecule has 0 radical (unpaired) electrons. The number of rotatable bonds is 7. The third-order valence-electron chi connectivity index (χ3n) is 13.1. The number of aromatic nitrogens is 1. The summed E-state index contributed by atoms with van der Waals surface area (Å²) in [6, 6.07) is 71.1. The predicted octanol–water partition coefficient (Wildman–Crippen LogP) is 15.3. The van der Waals surface area contributed by atoms with Crippen LogP contribution in [0.3, 0.4) is 0 Å². The molecule has 294 valence electrons. The Kier molecular flexibility index (Phi) is 8.61. The smallest absolute Gasteiger partial charge is 0.0775 e. The maximum atomic E-state index is 2.58. The van der Waals surface area contributed by atoms with Gasteiger partial charge in [-0.25, -0.2) is 0 Å². The van der Waals surface area contributed by atoms with Crippen LogP contribution < -0.4 is 10.4 Å². The molecule has 9 aromatic carbocycles. The van der Waals surface area contributed by atoms with Gasteiger partial charge in [0.2, 0.25) is 0 Å². The lowest BCUT2D eigenvalue weighted by Crippen LogP contribution is -2.37. The molecule has 3 heteroatoms. The van der Waals surface area contributed by atoms with Gasteiger partial charge in [0, 0.05) is 16.3 Å². The molecular formula is C58H49NSi2. The van der Waals surface area contributed by atoms with E-state index >= 15 is 0 Å². The first-order valence-corrected chi connectivity index (χ1v) is 28.7. The lowest BCUT2D eigenvalue weighted by Gasteiger charge is -2.20. The fourth-order valence-electron chi connectivity index (χ4n) is 10.1. The number of para-hydroxylation sites is 1. The average Bonchev–Trinajstić information content (AvgIpc) is 3.80. The molecule has 1 heterocycles. The molecule has 1 aromatic heterocycles. The van der Waals surface area contributed by atoms with Gasteiger partial charge in [-0.15, -0.1) is 0 Å². The fourth-order valence-corrected chi connectivity index (χ4v) is 12.4. The lowest BCUT2D eigenvalue weighted by molar-refractivity contribution is 1.15. The van der Waals surface area contributed by atoms with Crippen LogP contribution in [-0.4, -0.2) is 20.7 Å². The zero-order valence-electron chi connectivity index (χ0n) is 35.8. The molecule has 61 heavy (non-hydrogen) atoms. The first-order valence-electron chi connectivity index (χ1n) is 21.7. The molecule has 1 aliphatic carbocycles. The van der Waals surface area contributed by atoms with Gasteiger partial charge in [0.25, 0.3) is 0 Å². The van der Waals surface area contributed by atoms with E-state index in [0.717, 1.165) is 0 Å². The van der Waals surface area contributed by atoms with Crippen molar-refractivity contribution in [2.75, 3.05) is 0 Å². The monoisotopic (exact) mass is 815 g/mol. The predicted molar refractivity (Wildman–Crippen MR) is 270 cm³/mol. The highest BCUT2D eigenvalue weighted by atomic mass is 28.3. The van der Waals surface area contributed by atoms with Gasteiger partial charge in [-0.1, -0.05) is 226 Å². The van der Waals surface area contributed by atoms with E-state index in [2.05, 4.69) is 232 Å². The maximum absolute atomic E-state index is 2.58. The van der Waals surface area contributed by atoms with Crippen LogP contribution in [0.1, 0.15) is 0 Å². The Hall–Kier alpha value is -6.53. The maximum Gasteiger partial charge on any atom is 0.0775 e. The van der Waals surface area contributed by atoms with Crippen LogP contribution in [0.4, 0.5) is 0 Å². The molecular weight excluding hydrogens is 767 g/mol. The minimum absolute atomic E-state index is 1.20. The topological polar surface area (TPSA) is 4.93 Å². The molecule has 0 saturated carbocycles. The zero-order chi connectivity index (χ0) is 41.6. The SMILES string of the molecule is C[Si](C)(C)c1ccc(-c2c(-c3ccc([Si](C)(C)C)cc3)n(-c3ccc4c5c(cccc35)-c3c-4c(-c4ccccc4)c4ccccc4c3-c3ccccc3)c3ccccc23)cc1. The molecule has 11 rings (SSSR count). The van der Waals surface area contributed by atoms with Crippen molar-refractivity contribution in [2.24, 2.45) is 0 Å². The number of hydrogen-bond donors (Lipinski definition) is 0. The van der Waals surface area contributed by atoms with Crippen molar-refractivity contribution in [3.63, 3.8) is 0 Å². The van der Waals surface area contributed by atoms with Crippen LogP contribution in [0.2, 0.25) is 39.3 Å². The van der Waals surface area contributed by atoms with Gasteiger partial charge in [-0.2, -0.15) is 0 Å². The largest absolute Gasteiger partial charge is 0.308 e. The first-order chi connectivity index (χ1) is 29.6. The highest BCUT2D eigenvalue weighted by molar-refractivity contribution is 6.89. The number of benzene rings is 9. The van der Waals surface area contributed by atoms with Crippen molar-refractivity contribution >= 4 is 59.0 Å². The van der Waals surface area contributed by atoms with Crippen LogP contribution in [0.15, 0.2) is 188 Å². The first kappa shape index (κ1) is 37.5. The van der Waals surface area contributed by atoms with Gasteiger partial charge >= 0.3 is 0 Å². The summed E-state index contributed by atoms with van der Waals surface area (Å²) < 4.78 is 2.58. The van der Waals surface area contributed by atoms with Crippen LogP contribution in [0, 0.1) is 0 Å². The van der Waals surface area contributed by atoms with Crippen LogP contribution >= 0.6 is 0 Å². The van der Waals surface area contributed by atoms with Crippen LogP contribution in [-0.2, 0) is 0 Å². The average molecular weight is 816 g/mol. The lowest BCUT2D eigenvalue weighted by atomic mass is 9.82. The van der Waals surface area contributed by atoms with Crippen LogP contribution in [0.25, 0.3) is 105 Å². The molecule has 0 unspecified atom stereocenters. The summed E-state index contributed by atoms with van der Waals surface area (Å²) in [6.45, 7) is 14.6. The van der Waals surface area contributed by atoms with E-state index in [1.54, 1.807) is 0 Å². The molecule has 0 aliphatic heterocycles. The third kappa shape index (κ3) is 5.94. The van der Waals surface area contributed by atoms with E-state index < -0.39 is 16.1 Å². The Bertz CT molecular complexity index is 3230. The Labute approximate surface area is 361 Å². The summed E-state index contributed by atoms with van der Waals surface area (Å²) >= 11 is 0. The third-order valence-corrected chi connectivity index (χ3v) is 17.2. The van der Waals surface area contributed by atoms with Crippen molar-refractivity contribution in [1.82, 2.24) is 4.57 Å². The molecule has 1 nitrogen and oxygen atoms in total. The minimum Gasteiger partial charge on any atom is -0.308 e. The van der Waals surface area contributed by atoms with Crippen LogP contribution in [0.5, 0.6) is 0 Å². The Morgan fingerprint density at radius 3 is 1.30 bits per heavy atom. The van der Waals surface area contributed by atoms with E-state index in [1.165, 1.54) is 115 Å². The van der Waals surface area contributed by atoms with E-state index in [9.17, 15) is 0 Å². The fraction of sp³-hybridized carbons (Fsp3) is 0.103. The normalized spacial score (nSPS) is 12.4. The second kappa shape index (κ2) is 14.0. The van der Waals surface area contributed by atoms with Gasteiger partial charge in [0.05, 0.1) is 33.0 Å². The summed E-state index contributed by atoms with van der Waals surface area (Å²) in [6.07, 6.45) is 0. The Morgan fingerprint density at radius 1 is 0.311 bits per heavy atom. The van der Waals surface area contributed by atoms with Crippen molar-refractivity contribution in [1.29, 1.82) is 0 Å². The zero-order valence-corrected chi connectivity index (χ0v) is 37.8. The minimum atomic E-state index is -1.52. The van der Waals surface area contributed by atoms with E-state index in [1.807, 2.05) is 0 Å². The van der Waals surface area contributed by atoms with Gasteiger partial charge < -0.3 is 4.57 Å². The van der Waals surface area contributed by atoms with E-state index in [4.69, 9.17) is 0 Å². The summed E-state index contributed by atoms with van der Waals surface area (Å²) in [5.41, 5.74) is 17.8. The van der Waals surface area contributed by atoms with Crippen molar-refractivity contribution in [2.45, 2.75) is 39.3 Å². The summed E-state index contributed by atoms with van der Waals surface area (Å²) in [5.74, 6) is 0. The van der Waals surface area contributed by atoms with E-state index in [0.29, 0.717) is 0 Å². The molecule has 10 aromatic rings. The second-order valence-electron chi connectivity index (χ2n) is 18.9. The Balaban J connectivity index is 1.25. The number of fused-ring (bicyclic) bond motifs is 5. The number of nitrogens with zero attached hydrogens (tertiary/aromatic N) is 1. The molecule has 0 saturated heterocycles. The van der Waals surface area contributed by atoms with E-state index in [-0.39, 0.29) is 0 Å². The highest BCUT2D eigenvalue weighted by Gasteiger charge is 2.32. The molecule has 1 aliphatic rings. The summed E-state index contributed by atoms with van der Waals surface area (Å²) in [5, 5.41) is 9.35. The van der Waals surface area contributed by atoms with Crippen molar-refractivity contribution < 1.29 is 0 Å². The van der Waals surface area contributed by atoms with Gasteiger partial charge in [0.15, 0.2) is 0 Å². The Morgan fingerprint density at radius 2 is 0.754 bits per heavy atom. The van der Waals surface area contributed by atoms with Gasteiger partial charge in [-0.3, -0.25) is 0 Å². The van der Waals surface area contributed by atoms with Crippen molar-refractivity contribution in [3.8, 4) is 72.6 Å². The molecule has 0 N–H and O–H groups in total. The van der Waals surface area contributed by atoms with Gasteiger partial charge in [-0.05, 0) is 83.9 Å². The molecule has 0 amide bonds.